The van der Waals surface area contributed by atoms with E-state index in [1.165, 1.54) is 0 Å². The Hall–Kier alpha value is -2.42. The zero-order valence-corrected chi connectivity index (χ0v) is 11.0. The number of aromatic nitrogens is 1. The fraction of sp³-hybridized carbons (Fsp3) is 0.125. The van der Waals surface area contributed by atoms with E-state index in [4.69, 9.17) is 4.74 Å². The van der Waals surface area contributed by atoms with Gasteiger partial charge in [0, 0.05) is 24.6 Å². The van der Waals surface area contributed by atoms with E-state index < -0.39 is 0 Å². The lowest BCUT2D eigenvalue weighted by atomic mass is 10.1. The van der Waals surface area contributed by atoms with Gasteiger partial charge in [-0.1, -0.05) is 6.07 Å². The van der Waals surface area contributed by atoms with Crippen molar-refractivity contribution in [2.45, 2.75) is 6.92 Å². The number of ketones is 1. The summed E-state index contributed by atoms with van der Waals surface area (Å²) in [4.78, 5) is 12.0. The molecule has 0 unspecified atom stereocenters. The van der Waals surface area contributed by atoms with Gasteiger partial charge in [-0.25, -0.2) is 0 Å². The van der Waals surface area contributed by atoms with Gasteiger partial charge in [0.15, 0.2) is 23.9 Å². The van der Waals surface area contributed by atoms with Crippen LogP contribution in [0.25, 0.3) is 6.20 Å². The van der Waals surface area contributed by atoms with E-state index >= 15 is 0 Å². The molecule has 0 fully saturated rings. The third-order valence-corrected chi connectivity index (χ3v) is 2.86. The lowest BCUT2D eigenvalue weighted by Crippen LogP contribution is -2.29. The van der Waals surface area contributed by atoms with Crippen molar-refractivity contribution in [3.63, 3.8) is 0 Å². The van der Waals surface area contributed by atoms with Crippen molar-refractivity contribution in [1.29, 1.82) is 0 Å². The van der Waals surface area contributed by atoms with Gasteiger partial charge in [-0.3, -0.25) is 4.79 Å². The van der Waals surface area contributed by atoms with Crippen molar-refractivity contribution in [3.05, 3.63) is 66.0 Å². The van der Waals surface area contributed by atoms with Crippen molar-refractivity contribution in [1.82, 2.24) is 0 Å². The topological polar surface area (TPSA) is 30.2 Å². The molecule has 0 aliphatic carbocycles. The molecular formula is C16H16NO2+. The molecule has 96 valence electrons. The van der Waals surface area contributed by atoms with Crippen LogP contribution in [0.3, 0.4) is 0 Å². The first kappa shape index (κ1) is 13.0. The van der Waals surface area contributed by atoms with E-state index in [1.54, 1.807) is 43.7 Å². The van der Waals surface area contributed by atoms with Crippen LogP contribution in [-0.2, 0) is 0 Å². The van der Waals surface area contributed by atoms with E-state index in [0.717, 1.165) is 11.4 Å². The van der Waals surface area contributed by atoms with E-state index in [9.17, 15) is 4.79 Å². The Balaban J connectivity index is 2.14. The van der Waals surface area contributed by atoms with Crippen molar-refractivity contribution in [3.8, 4) is 5.75 Å². The number of allylic oxidation sites excluding steroid dienone is 1. The number of ether oxygens (including phenoxy) is 1. The number of rotatable bonds is 4. The summed E-state index contributed by atoms with van der Waals surface area (Å²) in [6.45, 7) is 1.99. The zero-order valence-electron chi connectivity index (χ0n) is 11.0. The number of pyridine rings is 1. The molecule has 0 aliphatic rings. The molecule has 0 N–H and O–H groups in total. The Morgan fingerprint density at radius 2 is 1.89 bits per heavy atom. The Morgan fingerprint density at radius 1 is 1.16 bits per heavy atom. The van der Waals surface area contributed by atoms with Crippen molar-refractivity contribution >= 4 is 12.0 Å². The Kier molecular flexibility index (Phi) is 4.08. The second-order valence-electron chi connectivity index (χ2n) is 4.16. The lowest BCUT2D eigenvalue weighted by molar-refractivity contribution is -0.575. The minimum Gasteiger partial charge on any atom is -0.497 e. The first-order valence-corrected chi connectivity index (χ1v) is 6.04. The summed E-state index contributed by atoms with van der Waals surface area (Å²) in [7, 11) is 1.60. The molecule has 2 aromatic rings. The quantitative estimate of drug-likeness (QED) is 0.477. The molecule has 3 nitrogen and oxygen atoms in total. The van der Waals surface area contributed by atoms with Gasteiger partial charge in [0.2, 0.25) is 0 Å². The van der Waals surface area contributed by atoms with Crippen LogP contribution in [0.1, 0.15) is 16.1 Å². The zero-order chi connectivity index (χ0) is 13.7. The fourth-order valence-electron chi connectivity index (χ4n) is 1.71. The summed E-state index contributed by atoms with van der Waals surface area (Å²) in [5, 5.41) is 0. The first-order valence-electron chi connectivity index (χ1n) is 6.04. The molecule has 3 heteroatoms. The van der Waals surface area contributed by atoms with Gasteiger partial charge < -0.3 is 4.74 Å². The number of aryl methyl sites for hydroxylation is 1. The molecular weight excluding hydrogens is 238 g/mol. The average molecular weight is 254 g/mol. The third kappa shape index (κ3) is 3.28. The molecule has 2 rings (SSSR count). The largest absolute Gasteiger partial charge is 0.497 e. The van der Waals surface area contributed by atoms with E-state index in [-0.39, 0.29) is 5.78 Å². The molecule has 0 radical (unpaired) electrons. The van der Waals surface area contributed by atoms with Crippen LogP contribution in [0.5, 0.6) is 5.75 Å². The monoisotopic (exact) mass is 254 g/mol. The third-order valence-electron chi connectivity index (χ3n) is 2.86. The van der Waals surface area contributed by atoms with Crippen LogP contribution < -0.4 is 9.30 Å². The standard InChI is InChI=1S/C16H16NO2/c1-13-5-3-4-11-17(13)12-10-16(18)14-6-8-15(19-2)9-7-14/h3-12H,1-2H3/q+1. The summed E-state index contributed by atoms with van der Waals surface area (Å²) in [6, 6.07) is 13.0. The van der Waals surface area contributed by atoms with Crippen LogP contribution in [0.4, 0.5) is 0 Å². The highest BCUT2D eigenvalue weighted by molar-refractivity contribution is 6.05. The minimum atomic E-state index is -0.0293. The molecule has 0 saturated carbocycles. The highest BCUT2D eigenvalue weighted by Crippen LogP contribution is 2.11. The van der Waals surface area contributed by atoms with Gasteiger partial charge in [0.1, 0.15) is 5.75 Å². The number of carbonyl (C=O) groups is 1. The molecule has 1 aromatic heterocycles. The van der Waals surface area contributed by atoms with E-state index in [1.807, 2.05) is 35.9 Å². The summed E-state index contributed by atoms with van der Waals surface area (Å²) in [5.41, 5.74) is 1.72. The summed E-state index contributed by atoms with van der Waals surface area (Å²) in [5.74, 6) is 0.715. The van der Waals surface area contributed by atoms with Crippen molar-refractivity contribution < 1.29 is 14.1 Å². The highest BCUT2D eigenvalue weighted by atomic mass is 16.5. The highest BCUT2D eigenvalue weighted by Gasteiger charge is 2.05. The maximum atomic E-state index is 12.0. The molecule has 0 spiro atoms. The second-order valence-corrected chi connectivity index (χ2v) is 4.16. The molecule has 1 aromatic carbocycles. The maximum absolute atomic E-state index is 12.0. The van der Waals surface area contributed by atoms with Gasteiger partial charge in [0.05, 0.1) is 13.2 Å². The van der Waals surface area contributed by atoms with Gasteiger partial charge in [-0.15, -0.1) is 0 Å². The average Bonchev–Trinajstić information content (AvgIpc) is 2.46. The lowest BCUT2D eigenvalue weighted by Gasteiger charge is -1.99. The Morgan fingerprint density at radius 3 is 2.53 bits per heavy atom. The number of hydrogen-bond donors (Lipinski definition) is 0. The molecule has 0 aliphatic heterocycles. The number of benzene rings is 1. The van der Waals surface area contributed by atoms with E-state index in [2.05, 4.69) is 0 Å². The Labute approximate surface area is 112 Å². The summed E-state index contributed by atoms with van der Waals surface area (Å²) in [6.07, 6.45) is 5.24. The molecule has 0 bridgehead atoms. The predicted molar refractivity (Wildman–Crippen MR) is 74.0 cm³/mol. The van der Waals surface area contributed by atoms with E-state index in [0.29, 0.717) is 5.56 Å². The molecule has 19 heavy (non-hydrogen) atoms. The fourth-order valence-corrected chi connectivity index (χ4v) is 1.71. The number of hydrogen-bond acceptors (Lipinski definition) is 2. The smallest absolute Gasteiger partial charge is 0.191 e. The molecule has 0 saturated heterocycles. The van der Waals surface area contributed by atoms with Crippen LogP contribution in [0.2, 0.25) is 0 Å². The summed E-state index contributed by atoms with van der Waals surface area (Å²) >= 11 is 0. The maximum Gasteiger partial charge on any atom is 0.191 e. The molecule has 1 heterocycles. The molecule has 0 amide bonds. The summed E-state index contributed by atoms with van der Waals surface area (Å²) < 4.78 is 6.96. The van der Waals surface area contributed by atoms with Crippen LogP contribution >= 0.6 is 0 Å². The predicted octanol–water partition coefficient (Wildman–Crippen LogP) is 2.64. The van der Waals surface area contributed by atoms with Crippen LogP contribution in [0.15, 0.2) is 54.7 Å². The van der Waals surface area contributed by atoms with Crippen molar-refractivity contribution in [2.24, 2.45) is 0 Å². The van der Waals surface area contributed by atoms with Gasteiger partial charge >= 0.3 is 0 Å². The SMILES string of the molecule is COc1ccc(C(=O)C=C[n+]2ccccc2C)cc1. The normalized spacial score (nSPS) is 10.6. The Bertz CT molecular complexity index is 600. The number of methoxy groups -OCH3 is 1. The van der Waals surface area contributed by atoms with Crippen LogP contribution in [0, 0.1) is 6.92 Å². The number of nitrogens with zero attached hydrogens (tertiary/aromatic N) is 1. The second kappa shape index (κ2) is 5.96. The first-order chi connectivity index (χ1) is 9.20. The minimum absolute atomic E-state index is 0.0293. The van der Waals surface area contributed by atoms with Crippen molar-refractivity contribution in [2.75, 3.05) is 7.11 Å². The number of carbonyl (C=O) groups excluding carboxylic acids is 1. The van der Waals surface area contributed by atoms with Gasteiger partial charge in [0.25, 0.3) is 0 Å². The van der Waals surface area contributed by atoms with Gasteiger partial charge in [-0.05, 0) is 24.3 Å². The van der Waals surface area contributed by atoms with Gasteiger partial charge in [-0.2, -0.15) is 4.57 Å². The van der Waals surface area contributed by atoms with Crippen LogP contribution in [-0.4, -0.2) is 12.9 Å². The molecule has 0 atom stereocenters.